The molecule has 2 aromatic rings. The third-order valence-corrected chi connectivity index (χ3v) is 4.20. The lowest BCUT2D eigenvalue weighted by Crippen LogP contribution is -2.37. The maximum Gasteiger partial charge on any atom is 0.191 e. The van der Waals surface area contributed by atoms with Crippen molar-refractivity contribution in [2.75, 3.05) is 13.6 Å². The number of guanidine groups is 1. The molecule has 0 unspecified atom stereocenters. The molecule has 2 rings (SSSR count). The number of benzene rings is 1. The van der Waals surface area contributed by atoms with Gasteiger partial charge in [-0.15, -0.1) is 11.3 Å². The Hall–Kier alpha value is -1.88. The molecule has 0 spiro atoms. The van der Waals surface area contributed by atoms with Crippen LogP contribution in [0.25, 0.3) is 0 Å². The molecule has 0 fully saturated rings. The summed E-state index contributed by atoms with van der Waals surface area (Å²) in [6, 6.07) is 6.68. The van der Waals surface area contributed by atoms with Crippen LogP contribution in [-0.4, -0.2) is 24.5 Å². The van der Waals surface area contributed by atoms with Crippen LogP contribution in [0.2, 0.25) is 0 Å². The van der Waals surface area contributed by atoms with Crippen LogP contribution >= 0.6 is 11.3 Å². The van der Waals surface area contributed by atoms with Crippen LogP contribution in [0.5, 0.6) is 0 Å². The second-order valence-electron chi connectivity index (χ2n) is 5.46. The molecule has 4 nitrogen and oxygen atoms in total. The van der Waals surface area contributed by atoms with Crippen LogP contribution in [-0.2, 0) is 13.0 Å². The Labute approximate surface area is 136 Å². The van der Waals surface area contributed by atoms with Crippen molar-refractivity contribution < 1.29 is 0 Å². The van der Waals surface area contributed by atoms with Crippen LogP contribution < -0.4 is 10.6 Å². The van der Waals surface area contributed by atoms with Gasteiger partial charge in [0.2, 0.25) is 0 Å². The van der Waals surface area contributed by atoms with Gasteiger partial charge in [-0.2, -0.15) is 0 Å². The van der Waals surface area contributed by atoms with E-state index in [-0.39, 0.29) is 0 Å². The standard InChI is InChI=1S/C17H24N4S/c1-12-7-13(2)9-15(8-12)5-6-19-17(18-4)21-11-16-20-10-14(3)22-16/h7-10H,5-6,11H2,1-4H3,(H2,18,19,21). The molecule has 0 atom stereocenters. The number of nitrogens with one attached hydrogen (secondary N) is 2. The van der Waals surface area contributed by atoms with Crippen molar-refractivity contribution >= 4 is 17.3 Å². The van der Waals surface area contributed by atoms with E-state index in [0.29, 0.717) is 6.54 Å². The summed E-state index contributed by atoms with van der Waals surface area (Å²) in [5.41, 5.74) is 3.99. The molecule has 0 aliphatic heterocycles. The summed E-state index contributed by atoms with van der Waals surface area (Å²) < 4.78 is 0. The van der Waals surface area contributed by atoms with Crippen LogP contribution in [0.4, 0.5) is 0 Å². The van der Waals surface area contributed by atoms with Crippen LogP contribution in [0.1, 0.15) is 26.6 Å². The maximum absolute atomic E-state index is 4.34. The second kappa shape index (κ2) is 7.94. The smallest absolute Gasteiger partial charge is 0.191 e. The number of nitrogens with zero attached hydrogens (tertiary/aromatic N) is 2. The van der Waals surface area contributed by atoms with E-state index in [1.807, 2.05) is 6.20 Å². The van der Waals surface area contributed by atoms with Gasteiger partial charge in [0.05, 0.1) is 6.54 Å². The molecule has 22 heavy (non-hydrogen) atoms. The van der Waals surface area contributed by atoms with Gasteiger partial charge in [0.15, 0.2) is 5.96 Å². The van der Waals surface area contributed by atoms with E-state index in [4.69, 9.17) is 0 Å². The van der Waals surface area contributed by atoms with Gasteiger partial charge in [-0.25, -0.2) is 4.98 Å². The molecule has 5 heteroatoms. The average Bonchev–Trinajstić information content (AvgIpc) is 2.87. The van der Waals surface area contributed by atoms with Crippen LogP contribution in [0.15, 0.2) is 29.4 Å². The quantitative estimate of drug-likeness (QED) is 0.658. The highest BCUT2D eigenvalue weighted by atomic mass is 32.1. The van der Waals surface area contributed by atoms with Gasteiger partial charge in [-0.3, -0.25) is 4.99 Å². The Kier molecular flexibility index (Phi) is 5.95. The van der Waals surface area contributed by atoms with E-state index in [1.165, 1.54) is 21.6 Å². The fourth-order valence-corrected chi connectivity index (χ4v) is 3.13. The molecule has 0 radical (unpaired) electrons. The third kappa shape index (κ3) is 5.15. The first-order valence-corrected chi connectivity index (χ1v) is 8.31. The molecular weight excluding hydrogens is 292 g/mol. The largest absolute Gasteiger partial charge is 0.356 e. The molecule has 1 aromatic carbocycles. The zero-order valence-electron chi connectivity index (χ0n) is 13.7. The third-order valence-electron chi connectivity index (χ3n) is 3.29. The van der Waals surface area contributed by atoms with Crippen molar-refractivity contribution in [3.05, 3.63) is 51.0 Å². The summed E-state index contributed by atoms with van der Waals surface area (Å²) in [5, 5.41) is 7.72. The zero-order chi connectivity index (χ0) is 15.9. The van der Waals surface area contributed by atoms with E-state index in [2.05, 4.69) is 59.6 Å². The van der Waals surface area contributed by atoms with Gasteiger partial charge in [-0.05, 0) is 32.8 Å². The summed E-state index contributed by atoms with van der Waals surface area (Å²) in [7, 11) is 1.79. The Bertz CT molecular complexity index is 626. The predicted octanol–water partition coefficient (Wildman–Crippen LogP) is 2.98. The lowest BCUT2D eigenvalue weighted by atomic mass is 10.1. The average molecular weight is 316 g/mol. The van der Waals surface area contributed by atoms with Gasteiger partial charge in [0.1, 0.15) is 5.01 Å². The first-order chi connectivity index (χ1) is 10.6. The molecule has 0 aliphatic rings. The molecule has 1 aromatic heterocycles. The van der Waals surface area contributed by atoms with E-state index in [9.17, 15) is 0 Å². The van der Waals surface area contributed by atoms with Crippen LogP contribution in [0.3, 0.4) is 0 Å². The van der Waals surface area contributed by atoms with Gasteiger partial charge < -0.3 is 10.6 Å². The minimum absolute atomic E-state index is 0.710. The Morgan fingerprint density at radius 3 is 2.45 bits per heavy atom. The maximum atomic E-state index is 4.34. The highest BCUT2D eigenvalue weighted by Gasteiger charge is 2.02. The molecule has 2 N–H and O–H groups in total. The van der Waals surface area contributed by atoms with Gasteiger partial charge in [0, 0.05) is 24.7 Å². The van der Waals surface area contributed by atoms with E-state index in [1.54, 1.807) is 18.4 Å². The summed E-state index contributed by atoms with van der Waals surface area (Å²) in [6.07, 6.45) is 2.89. The highest BCUT2D eigenvalue weighted by Crippen LogP contribution is 2.10. The molecule has 0 saturated heterocycles. The SMILES string of the molecule is CN=C(NCCc1cc(C)cc(C)c1)NCc1ncc(C)s1. The normalized spacial score (nSPS) is 11.5. The lowest BCUT2D eigenvalue weighted by molar-refractivity contribution is 0.791. The number of rotatable bonds is 5. The Morgan fingerprint density at radius 2 is 1.86 bits per heavy atom. The molecule has 118 valence electrons. The minimum Gasteiger partial charge on any atom is -0.356 e. The van der Waals surface area contributed by atoms with Crippen molar-refractivity contribution in [1.82, 2.24) is 15.6 Å². The summed E-state index contributed by atoms with van der Waals surface area (Å²) in [4.78, 5) is 9.82. The van der Waals surface area contributed by atoms with Crippen molar-refractivity contribution in [1.29, 1.82) is 0 Å². The van der Waals surface area contributed by atoms with Crippen molar-refractivity contribution in [2.45, 2.75) is 33.7 Å². The molecule has 0 saturated carbocycles. The highest BCUT2D eigenvalue weighted by molar-refractivity contribution is 7.11. The number of aromatic nitrogens is 1. The monoisotopic (exact) mass is 316 g/mol. The van der Waals surface area contributed by atoms with Gasteiger partial charge in [-0.1, -0.05) is 29.3 Å². The van der Waals surface area contributed by atoms with Crippen molar-refractivity contribution in [3.63, 3.8) is 0 Å². The fraction of sp³-hybridized carbons (Fsp3) is 0.412. The number of aliphatic imine (C=N–C) groups is 1. The van der Waals surface area contributed by atoms with Crippen molar-refractivity contribution in [3.8, 4) is 0 Å². The van der Waals surface area contributed by atoms with Gasteiger partial charge in [0.25, 0.3) is 0 Å². The Balaban J connectivity index is 1.78. The van der Waals surface area contributed by atoms with Crippen molar-refractivity contribution in [2.24, 2.45) is 4.99 Å². The molecule has 0 amide bonds. The molecule has 1 heterocycles. The second-order valence-corrected chi connectivity index (χ2v) is 6.78. The van der Waals surface area contributed by atoms with E-state index in [0.717, 1.165) is 23.9 Å². The lowest BCUT2D eigenvalue weighted by Gasteiger charge is -2.11. The van der Waals surface area contributed by atoms with Crippen LogP contribution in [0, 0.1) is 20.8 Å². The molecule has 0 bridgehead atoms. The van der Waals surface area contributed by atoms with E-state index >= 15 is 0 Å². The molecule has 0 aliphatic carbocycles. The topological polar surface area (TPSA) is 49.3 Å². The molecular formula is C17H24N4S. The zero-order valence-corrected chi connectivity index (χ0v) is 14.5. The summed E-state index contributed by atoms with van der Waals surface area (Å²) >= 11 is 1.71. The number of hydrogen-bond donors (Lipinski definition) is 2. The van der Waals surface area contributed by atoms with E-state index < -0.39 is 0 Å². The number of hydrogen-bond acceptors (Lipinski definition) is 3. The van der Waals surface area contributed by atoms with Gasteiger partial charge >= 0.3 is 0 Å². The summed E-state index contributed by atoms with van der Waals surface area (Å²) in [5.74, 6) is 0.817. The fourth-order valence-electron chi connectivity index (χ4n) is 2.40. The summed E-state index contributed by atoms with van der Waals surface area (Å²) in [6.45, 7) is 7.92. The number of aryl methyl sites for hydroxylation is 3. The Morgan fingerprint density at radius 1 is 1.14 bits per heavy atom. The predicted molar refractivity (Wildman–Crippen MR) is 94.7 cm³/mol. The first-order valence-electron chi connectivity index (χ1n) is 7.50. The number of thiazole rings is 1. The minimum atomic E-state index is 0.710. The first kappa shape index (κ1) is 16.5.